The average Bonchev–Trinajstić information content (AvgIpc) is 3.20. The molecule has 1 aliphatic carbocycles. The number of rotatable bonds is 3. The minimum absolute atomic E-state index is 0.463. The van der Waals surface area contributed by atoms with Gasteiger partial charge in [0.25, 0.3) is 0 Å². The Morgan fingerprint density at radius 3 is 2.83 bits per heavy atom. The smallest absolute Gasteiger partial charge is 0.141 e. The highest BCUT2D eigenvalue weighted by Gasteiger charge is 2.31. The van der Waals surface area contributed by atoms with Crippen LogP contribution >= 0.6 is 0 Å². The van der Waals surface area contributed by atoms with Crippen molar-refractivity contribution >= 4 is 16.6 Å². The summed E-state index contributed by atoms with van der Waals surface area (Å²) < 4.78 is 14.7. The van der Waals surface area contributed by atoms with E-state index in [0.717, 1.165) is 41.6 Å². The first-order chi connectivity index (χ1) is 11.8. The number of alkyl halides is 1. The molecular formula is C17H21FN6. The Morgan fingerprint density at radius 1 is 1.21 bits per heavy atom. The number of likely N-dealkylation sites (tertiary alicyclic amines) is 1. The summed E-state index contributed by atoms with van der Waals surface area (Å²) in [5.74, 6) is 1.16. The van der Waals surface area contributed by atoms with E-state index in [2.05, 4.69) is 25.2 Å². The Bertz CT molecular complexity index is 856. The highest BCUT2D eigenvalue weighted by atomic mass is 19.1. The van der Waals surface area contributed by atoms with Gasteiger partial charge in [0.05, 0.1) is 5.69 Å². The molecule has 4 heterocycles. The number of aromatic amines is 1. The lowest BCUT2D eigenvalue weighted by Gasteiger charge is -2.38. The summed E-state index contributed by atoms with van der Waals surface area (Å²) in [5.41, 5.74) is 3.08. The summed E-state index contributed by atoms with van der Waals surface area (Å²) in [5, 5.41) is 9.82. The van der Waals surface area contributed by atoms with Gasteiger partial charge in [-0.05, 0) is 37.7 Å². The van der Waals surface area contributed by atoms with Crippen LogP contribution in [0, 0.1) is 5.92 Å². The second kappa shape index (κ2) is 5.51. The van der Waals surface area contributed by atoms with E-state index in [4.69, 9.17) is 0 Å². The number of hydrogen-bond donors (Lipinski definition) is 1. The van der Waals surface area contributed by atoms with Crippen LogP contribution in [0.5, 0.6) is 0 Å². The average molecular weight is 328 g/mol. The molecule has 1 aliphatic heterocycles. The Labute approximate surface area is 139 Å². The standard InChI is InChI=1S/C17H21FN6/c18-13-8-23(9-13)7-11-1-3-12(4-2-11)15-16-14-5-6-19-17(14)20-10-24(16)22-21-15/h5-6,10-13,19H,1-4,7-9H2. The fourth-order valence-electron chi connectivity index (χ4n) is 4.33. The van der Waals surface area contributed by atoms with Gasteiger partial charge in [-0.25, -0.2) is 13.9 Å². The second-order valence-corrected chi connectivity index (χ2v) is 7.29. The number of nitrogens with one attached hydrogen (secondary N) is 1. The molecule has 3 aromatic heterocycles. The Kier molecular flexibility index (Phi) is 3.29. The maximum absolute atomic E-state index is 13.0. The predicted octanol–water partition coefficient (Wildman–Crippen LogP) is 2.53. The van der Waals surface area contributed by atoms with E-state index in [1.807, 2.05) is 12.3 Å². The second-order valence-electron chi connectivity index (χ2n) is 7.29. The fraction of sp³-hybridized carbons (Fsp3) is 0.588. The van der Waals surface area contributed by atoms with Crippen LogP contribution in [0.3, 0.4) is 0 Å². The third kappa shape index (κ3) is 2.30. The monoisotopic (exact) mass is 328 g/mol. The third-order valence-corrected chi connectivity index (χ3v) is 5.66. The zero-order valence-electron chi connectivity index (χ0n) is 13.5. The highest BCUT2D eigenvalue weighted by molar-refractivity contribution is 5.92. The molecule has 2 aliphatic rings. The van der Waals surface area contributed by atoms with Crippen molar-refractivity contribution in [2.75, 3.05) is 19.6 Å². The molecule has 2 fully saturated rings. The van der Waals surface area contributed by atoms with Crippen LogP contribution in [0.1, 0.15) is 37.3 Å². The molecule has 0 bridgehead atoms. The summed E-state index contributed by atoms with van der Waals surface area (Å²) in [6, 6.07) is 2.05. The van der Waals surface area contributed by atoms with Crippen molar-refractivity contribution in [3.8, 4) is 0 Å². The van der Waals surface area contributed by atoms with Crippen LogP contribution < -0.4 is 0 Å². The number of aromatic nitrogens is 5. The van der Waals surface area contributed by atoms with Crippen LogP contribution in [0.15, 0.2) is 18.6 Å². The van der Waals surface area contributed by atoms with Crippen LogP contribution in [-0.4, -0.2) is 55.5 Å². The number of fused-ring (bicyclic) bond motifs is 3. The van der Waals surface area contributed by atoms with Crippen molar-refractivity contribution in [3.63, 3.8) is 0 Å². The molecule has 1 N–H and O–H groups in total. The quantitative estimate of drug-likeness (QED) is 0.802. The lowest BCUT2D eigenvalue weighted by atomic mass is 9.79. The SMILES string of the molecule is FC1CN(CC2CCC(c3nnn4cnc5[nH]ccc5c34)CC2)C1. The molecule has 5 rings (SSSR count). The van der Waals surface area contributed by atoms with Gasteiger partial charge in [0.15, 0.2) is 0 Å². The first-order valence-corrected chi connectivity index (χ1v) is 8.81. The van der Waals surface area contributed by atoms with Gasteiger partial charge in [-0.1, -0.05) is 5.21 Å². The molecule has 3 aromatic rings. The van der Waals surface area contributed by atoms with Crippen LogP contribution in [-0.2, 0) is 0 Å². The Balaban J connectivity index is 1.34. The third-order valence-electron chi connectivity index (χ3n) is 5.66. The maximum atomic E-state index is 13.0. The zero-order chi connectivity index (χ0) is 16.1. The largest absolute Gasteiger partial charge is 0.346 e. The van der Waals surface area contributed by atoms with Crippen molar-refractivity contribution in [2.45, 2.75) is 37.8 Å². The fourth-order valence-corrected chi connectivity index (χ4v) is 4.33. The highest BCUT2D eigenvalue weighted by Crippen LogP contribution is 2.38. The minimum Gasteiger partial charge on any atom is -0.346 e. The first kappa shape index (κ1) is 14.3. The van der Waals surface area contributed by atoms with Crippen molar-refractivity contribution in [3.05, 3.63) is 24.3 Å². The van der Waals surface area contributed by atoms with Gasteiger partial charge in [0.2, 0.25) is 0 Å². The molecule has 1 saturated heterocycles. The number of nitrogens with zero attached hydrogens (tertiary/aromatic N) is 5. The number of hydrogen-bond acceptors (Lipinski definition) is 4. The van der Waals surface area contributed by atoms with E-state index in [-0.39, 0.29) is 0 Å². The maximum Gasteiger partial charge on any atom is 0.141 e. The van der Waals surface area contributed by atoms with Gasteiger partial charge in [0, 0.05) is 37.1 Å². The number of halogens is 1. The molecule has 0 amide bonds. The molecular weight excluding hydrogens is 307 g/mol. The molecule has 0 unspecified atom stereocenters. The first-order valence-electron chi connectivity index (χ1n) is 8.81. The van der Waals surface area contributed by atoms with Crippen LogP contribution in [0.25, 0.3) is 16.6 Å². The summed E-state index contributed by atoms with van der Waals surface area (Å²) in [7, 11) is 0. The van der Waals surface area contributed by atoms with Gasteiger partial charge in [-0.15, -0.1) is 5.10 Å². The van der Waals surface area contributed by atoms with Gasteiger partial charge < -0.3 is 4.98 Å². The number of H-pyrrole nitrogens is 1. The molecule has 0 atom stereocenters. The van der Waals surface area contributed by atoms with Gasteiger partial charge in [-0.2, -0.15) is 0 Å². The predicted molar refractivity (Wildman–Crippen MR) is 88.7 cm³/mol. The molecule has 24 heavy (non-hydrogen) atoms. The van der Waals surface area contributed by atoms with Crippen molar-refractivity contribution in [2.24, 2.45) is 5.92 Å². The van der Waals surface area contributed by atoms with Gasteiger partial charge >= 0.3 is 0 Å². The van der Waals surface area contributed by atoms with Gasteiger partial charge in [0.1, 0.15) is 23.7 Å². The van der Waals surface area contributed by atoms with Crippen LogP contribution in [0.4, 0.5) is 4.39 Å². The van der Waals surface area contributed by atoms with E-state index in [1.165, 1.54) is 12.8 Å². The van der Waals surface area contributed by atoms with E-state index in [9.17, 15) is 4.39 Å². The zero-order valence-corrected chi connectivity index (χ0v) is 13.5. The molecule has 126 valence electrons. The minimum atomic E-state index is -0.596. The normalized spacial score (nSPS) is 26.2. The topological polar surface area (TPSA) is 62.1 Å². The van der Waals surface area contributed by atoms with E-state index >= 15 is 0 Å². The van der Waals surface area contributed by atoms with E-state index in [1.54, 1.807) is 10.8 Å². The summed E-state index contributed by atoms with van der Waals surface area (Å²) in [6.45, 7) is 2.32. The molecule has 6 nitrogen and oxygen atoms in total. The summed E-state index contributed by atoms with van der Waals surface area (Å²) in [4.78, 5) is 9.77. The molecule has 1 saturated carbocycles. The Morgan fingerprint density at radius 2 is 2.04 bits per heavy atom. The molecule has 7 heteroatoms. The lowest BCUT2D eigenvalue weighted by Crippen LogP contribution is -2.50. The van der Waals surface area contributed by atoms with Crippen LogP contribution in [0.2, 0.25) is 0 Å². The van der Waals surface area contributed by atoms with Gasteiger partial charge in [-0.3, -0.25) is 4.90 Å². The van der Waals surface area contributed by atoms with Crippen molar-refractivity contribution in [1.29, 1.82) is 0 Å². The van der Waals surface area contributed by atoms with E-state index in [0.29, 0.717) is 24.9 Å². The van der Waals surface area contributed by atoms with E-state index < -0.39 is 6.17 Å². The molecule has 0 spiro atoms. The summed E-state index contributed by atoms with van der Waals surface area (Å²) >= 11 is 0. The Hall–Kier alpha value is -2.02. The molecule has 0 aromatic carbocycles. The van der Waals surface area contributed by atoms with Crippen molar-refractivity contribution < 1.29 is 4.39 Å². The lowest BCUT2D eigenvalue weighted by molar-refractivity contribution is 0.0449. The summed E-state index contributed by atoms with van der Waals surface area (Å²) in [6.07, 6.45) is 7.71. The van der Waals surface area contributed by atoms with Crippen molar-refractivity contribution in [1.82, 2.24) is 29.7 Å². The molecule has 0 radical (unpaired) electrons.